The summed E-state index contributed by atoms with van der Waals surface area (Å²) in [6, 6.07) is 4.01. The Balaban J connectivity index is 0.000000810. The topological polar surface area (TPSA) is 95.7 Å². The summed E-state index contributed by atoms with van der Waals surface area (Å²) < 4.78 is 0. The highest BCUT2D eigenvalue weighted by atomic mass is 16.3. The van der Waals surface area contributed by atoms with Crippen molar-refractivity contribution in [3.05, 3.63) is 18.2 Å². The minimum atomic E-state index is -0.475. The zero-order valence-electron chi connectivity index (χ0n) is 5.28. The van der Waals surface area contributed by atoms with Gasteiger partial charge < -0.3 is 21.5 Å². The Labute approximate surface area is 57.9 Å². The van der Waals surface area contributed by atoms with E-state index < -0.39 is 5.75 Å². The summed E-state index contributed by atoms with van der Waals surface area (Å²) in [5.74, 6) is -1.09. The maximum Gasteiger partial charge on any atom is 0.200 e. The smallest absolute Gasteiger partial charge is 0.200 e. The van der Waals surface area contributed by atoms with Crippen molar-refractivity contribution in [2.75, 3.05) is 0 Å². The lowest BCUT2D eigenvalue weighted by molar-refractivity contribution is 0.368. The highest BCUT2D eigenvalue weighted by molar-refractivity contribution is 5.47. The summed E-state index contributed by atoms with van der Waals surface area (Å²) in [7, 11) is 0. The molecule has 10 heavy (non-hydrogen) atoms. The average Bonchev–Trinajstić information content (AvgIpc) is 1.83. The van der Waals surface area contributed by atoms with E-state index in [9.17, 15) is 0 Å². The van der Waals surface area contributed by atoms with Crippen LogP contribution in [-0.4, -0.2) is 15.3 Å². The second-order valence-electron chi connectivity index (χ2n) is 1.64. The Morgan fingerprint density at radius 3 is 1.60 bits per heavy atom. The Bertz CT molecular complexity index is 204. The van der Waals surface area contributed by atoms with Gasteiger partial charge in [-0.15, -0.1) is 0 Å². The second kappa shape index (κ2) is 2.93. The lowest BCUT2D eigenvalue weighted by atomic mass is 10.3. The fraction of sp³-hybridized carbons (Fsp3) is 0. The van der Waals surface area contributed by atoms with Crippen LogP contribution in [0.1, 0.15) is 0 Å². The number of hydrogen-bond acceptors (Lipinski definition) is 4. The first kappa shape index (κ1) is 8.58. The molecular weight excluding hydrogens is 134 g/mol. The number of phenols is 3. The summed E-state index contributed by atoms with van der Waals surface area (Å²) >= 11 is 0. The number of rotatable bonds is 0. The summed E-state index contributed by atoms with van der Waals surface area (Å²) in [6.45, 7) is 0. The van der Waals surface area contributed by atoms with E-state index in [1.165, 1.54) is 18.2 Å². The van der Waals surface area contributed by atoms with Crippen LogP contribution in [0, 0.1) is 0 Å². The first-order valence-corrected chi connectivity index (χ1v) is 2.41. The third-order valence-corrected chi connectivity index (χ3v) is 0.993. The van der Waals surface area contributed by atoms with Gasteiger partial charge in [0.1, 0.15) is 0 Å². The van der Waals surface area contributed by atoms with Gasteiger partial charge in [-0.2, -0.15) is 0 Å². The molecule has 56 valence electrons. The Hall–Kier alpha value is -1.42. The van der Waals surface area contributed by atoms with Crippen molar-refractivity contribution in [3.8, 4) is 17.2 Å². The normalized spacial score (nSPS) is 8.40. The van der Waals surface area contributed by atoms with Crippen molar-refractivity contribution in [2.45, 2.75) is 0 Å². The first-order valence-electron chi connectivity index (χ1n) is 2.41. The zero-order chi connectivity index (χ0) is 6.85. The summed E-state index contributed by atoms with van der Waals surface area (Å²) in [5, 5.41) is 26.1. The third kappa shape index (κ3) is 1.29. The van der Waals surface area contributed by atoms with Gasteiger partial charge in [-0.05, 0) is 12.1 Å². The molecule has 0 aliphatic rings. The molecule has 0 atom stereocenters. The summed E-state index contributed by atoms with van der Waals surface area (Å²) in [4.78, 5) is 0. The molecule has 0 aliphatic carbocycles. The molecule has 1 rings (SSSR count). The largest absolute Gasteiger partial charge is 0.504 e. The molecule has 0 spiro atoms. The van der Waals surface area contributed by atoms with E-state index in [-0.39, 0.29) is 17.6 Å². The molecule has 0 amide bonds. The molecule has 0 heterocycles. The summed E-state index contributed by atoms with van der Waals surface area (Å²) in [5.41, 5.74) is 0. The van der Waals surface area contributed by atoms with E-state index in [2.05, 4.69) is 0 Å². The minimum Gasteiger partial charge on any atom is -0.504 e. The van der Waals surface area contributed by atoms with Crippen LogP contribution in [0.4, 0.5) is 0 Å². The van der Waals surface area contributed by atoms with Crippen LogP contribution in [0.3, 0.4) is 0 Å². The van der Waals surface area contributed by atoms with Crippen LogP contribution in [-0.2, 0) is 0 Å². The average molecular weight is 143 g/mol. The van der Waals surface area contributed by atoms with Crippen molar-refractivity contribution in [2.24, 2.45) is 0 Å². The van der Waals surface area contributed by atoms with Gasteiger partial charge in [-0.25, -0.2) is 0 Å². The number of para-hydroxylation sites is 1. The van der Waals surface area contributed by atoms with E-state index in [1.807, 2.05) is 0 Å². The minimum absolute atomic E-state index is 0. The monoisotopic (exact) mass is 143 g/mol. The van der Waals surface area contributed by atoms with Crippen molar-refractivity contribution >= 4 is 0 Å². The van der Waals surface area contributed by atoms with Crippen LogP contribution < -0.4 is 6.15 Å². The van der Waals surface area contributed by atoms with Crippen LogP contribution in [0.15, 0.2) is 18.2 Å². The maximum absolute atomic E-state index is 8.71. The molecule has 1 aromatic rings. The molecule has 0 saturated heterocycles. The van der Waals surface area contributed by atoms with Gasteiger partial charge in [-0.3, -0.25) is 0 Å². The molecule has 0 fully saturated rings. The van der Waals surface area contributed by atoms with E-state index >= 15 is 0 Å². The van der Waals surface area contributed by atoms with Gasteiger partial charge in [-0.1, -0.05) is 6.07 Å². The van der Waals surface area contributed by atoms with Crippen molar-refractivity contribution < 1.29 is 15.3 Å². The quantitative estimate of drug-likeness (QED) is 0.407. The predicted molar refractivity (Wildman–Crippen MR) is 36.5 cm³/mol. The van der Waals surface area contributed by atoms with Gasteiger partial charge in [0.2, 0.25) is 0 Å². The molecule has 0 aliphatic heterocycles. The van der Waals surface area contributed by atoms with Crippen molar-refractivity contribution in [1.29, 1.82) is 0 Å². The molecular formula is C6H9NO3. The lowest BCUT2D eigenvalue weighted by Crippen LogP contribution is -1.67. The SMILES string of the molecule is N.Oc1cccc(O)c1O. The number of hydrogen-bond donors (Lipinski definition) is 4. The van der Waals surface area contributed by atoms with Crippen LogP contribution in [0.25, 0.3) is 0 Å². The molecule has 0 bridgehead atoms. The fourth-order valence-electron chi connectivity index (χ4n) is 0.519. The van der Waals surface area contributed by atoms with Crippen LogP contribution >= 0.6 is 0 Å². The van der Waals surface area contributed by atoms with E-state index in [1.54, 1.807) is 0 Å². The van der Waals surface area contributed by atoms with E-state index in [0.29, 0.717) is 0 Å². The zero-order valence-corrected chi connectivity index (χ0v) is 5.28. The Morgan fingerprint density at radius 2 is 1.30 bits per heavy atom. The van der Waals surface area contributed by atoms with Crippen LogP contribution in [0.5, 0.6) is 17.2 Å². The molecule has 0 unspecified atom stereocenters. The molecule has 0 saturated carbocycles. The molecule has 0 radical (unpaired) electrons. The van der Waals surface area contributed by atoms with Gasteiger partial charge in [0, 0.05) is 0 Å². The van der Waals surface area contributed by atoms with Crippen LogP contribution in [0.2, 0.25) is 0 Å². The van der Waals surface area contributed by atoms with Crippen molar-refractivity contribution in [1.82, 2.24) is 6.15 Å². The molecule has 0 aromatic heterocycles. The first-order chi connectivity index (χ1) is 4.22. The predicted octanol–water partition coefficient (Wildman–Crippen LogP) is 0.965. The van der Waals surface area contributed by atoms with E-state index in [4.69, 9.17) is 15.3 Å². The maximum atomic E-state index is 8.71. The van der Waals surface area contributed by atoms with Gasteiger partial charge in [0.15, 0.2) is 17.2 Å². The highest BCUT2D eigenvalue weighted by Gasteiger charge is 2.00. The highest BCUT2D eigenvalue weighted by Crippen LogP contribution is 2.32. The second-order valence-corrected chi connectivity index (χ2v) is 1.64. The standard InChI is InChI=1S/C6H6O3.H3N/c7-4-2-1-3-5(8)6(4)9;/h1-3,7-9H;1H3. The van der Waals surface area contributed by atoms with E-state index in [0.717, 1.165) is 0 Å². The molecule has 6 N–H and O–H groups in total. The third-order valence-electron chi connectivity index (χ3n) is 0.993. The fourth-order valence-corrected chi connectivity index (χ4v) is 0.519. The summed E-state index contributed by atoms with van der Waals surface area (Å²) in [6.07, 6.45) is 0. The molecule has 4 nitrogen and oxygen atoms in total. The Morgan fingerprint density at radius 1 is 0.900 bits per heavy atom. The molecule has 1 aromatic carbocycles. The van der Waals surface area contributed by atoms with Gasteiger partial charge in [0.25, 0.3) is 0 Å². The Kier molecular flexibility index (Phi) is 2.52. The van der Waals surface area contributed by atoms with Crippen molar-refractivity contribution in [3.63, 3.8) is 0 Å². The number of phenolic OH excluding ortho intramolecular Hbond substituents is 3. The number of benzene rings is 1. The van der Waals surface area contributed by atoms with Gasteiger partial charge >= 0.3 is 0 Å². The van der Waals surface area contributed by atoms with Gasteiger partial charge in [0.05, 0.1) is 0 Å². The number of aromatic hydroxyl groups is 3. The lowest BCUT2D eigenvalue weighted by Gasteiger charge is -1.96. The molecule has 4 heteroatoms.